The number of benzene rings is 2. The molecule has 1 aromatic heterocycles. The van der Waals surface area contributed by atoms with E-state index in [1.807, 2.05) is 6.07 Å². The molecule has 0 aliphatic carbocycles. The van der Waals surface area contributed by atoms with E-state index in [2.05, 4.69) is 4.74 Å². The second-order valence-electron chi connectivity index (χ2n) is 8.01. The lowest BCUT2D eigenvalue weighted by Gasteiger charge is -2.14. The number of carbonyl (C=O) groups is 1. The SMILES string of the molecule is N#CC(C(=O)N1CCCC1)=c1sc(=Cc2ccccc2OC(F)F)c(=O)n1-c1cccc(C(F)(F)F)c1. The highest BCUT2D eigenvalue weighted by Crippen LogP contribution is 2.30. The standard InChI is InChI=1S/C25H18F5N3O3S/c26-24(27)36-19-9-2-1-6-15(19)12-20-22(35)33(17-8-5-7-16(13-17)25(28,29)30)23(37-20)18(14-31)21(34)32-10-3-4-11-32/h1-2,5-9,12-13,24H,3-4,10-11H2. The Labute approximate surface area is 210 Å². The summed E-state index contributed by atoms with van der Waals surface area (Å²) >= 11 is 0.700. The Morgan fingerprint density at radius 2 is 1.81 bits per heavy atom. The molecule has 0 radical (unpaired) electrons. The van der Waals surface area contributed by atoms with E-state index in [0.717, 1.165) is 35.6 Å². The van der Waals surface area contributed by atoms with E-state index in [1.54, 1.807) is 0 Å². The van der Waals surface area contributed by atoms with Crippen LogP contribution in [0.25, 0.3) is 17.3 Å². The van der Waals surface area contributed by atoms with Crippen LogP contribution in [0.2, 0.25) is 0 Å². The molecule has 3 aromatic rings. The molecular weight excluding hydrogens is 517 g/mol. The molecule has 1 amide bonds. The fraction of sp³-hybridized carbons (Fsp3) is 0.240. The van der Waals surface area contributed by atoms with Gasteiger partial charge < -0.3 is 9.64 Å². The lowest BCUT2D eigenvalue weighted by Crippen LogP contribution is -2.35. The second kappa shape index (κ2) is 10.6. The van der Waals surface area contributed by atoms with Crippen molar-refractivity contribution in [2.75, 3.05) is 13.1 Å². The van der Waals surface area contributed by atoms with Crippen LogP contribution in [0.4, 0.5) is 22.0 Å². The maximum absolute atomic E-state index is 13.5. The smallest absolute Gasteiger partial charge is 0.416 e. The van der Waals surface area contributed by atoms with Gasteiger partial charge in [-0.2, -0.15) is 27.2 Å². The molecule has 192 valence electrons. The fourth-order valence-corrected chi connectivity index (χ4v) is 5.00. The zero-order valence-electron chi connectivity index (χ0n) is 19.0. The molecule has 6 nitrogen and oxygen atoms in total. The van der Waals surface area contributed by atoms with Gasteiger partial charge in [-0.25, -0.2) is 0 Å². The van der Waals surface area contributed by atoms with Crippen molar-refractivity contribution in [3.05, 3.63) is 79.2 Å². The Morgan fingerprint density at radius 1 is 1.11 bits per heavy atom. The summed E-state index contributed by atoms with van der Waals surface area (Å²) in [5.74, 6) is -0.870. The summed E-state index contributed by atoms with van der Waals surface area (Å²) in [7, 11) is 0. The number of ether oxygens (including phenoxy) is 1. The van der Waals surface area contributed by atoms with Crippen molar-refractivity contribution in [1.29, 1.82) is 5.26 Å². The van der Waals surface area contributed by atoms with Crippen LogP contribution in [-0.4, -0.2) is 35.1 Å². The number of alkyl halides is 5. The summed E-state index contributed by atoms with van der Waals surface area (Å²) in [5, 5.41) is 9.86. The third-order valence-electron chi connectivity index (χ3n) is 5.61. The molecule has 0 atom stereocenters. The molecule has 2 heterocycles. The fourth-order valence-electron chi connectivity index (χ4n) is 3.92. The second-order valence-corrected chi connectivity index (χ2v) is 9.04. The van der Waals surface area contributed by atoms with Crippen molar-refractivity contribution in [2.24, 2.45) is 0 Å². The van der Waals surface area contributed by atoms with Gasteiger partial charge >= 0.3 is 12.8 Å². The number of para-hydroxylation sites is 1. The first-order chi connectivity index (χ1) is 17.6. The Morgan fingerprint density at radius 3 is 2.46 bits per heavy atom. The predicted octanol–water partition coefficient (Wildman–Crippen LogP) is 3.64. The summed E-state index contributed by atoms with van der Waals surface area (Å²) in [6.45, 7) is -2.33. The predicted molar refractivity (Wildman–Crippen MR) is 126 cm³/mol. The lowest BCUT2D eigenvalue weighted by molar-refractivity contribution is -0.137. The molecule has 0 saturated carbocycles. The molecule has 0 spiro atoms. The van der Waals surface area contributed by atoms with E-state index in [4.69, 9.17) is 0 Å². The van der Waals surface area contributed by atoms with Crippen molar-refractivity contribution in [1.82, 2.24) is 9.47 Å². The number of amides is 1. The van der Waals surface area contributed by atoms with E-state index in [9.17, 15) is 36.8 Å². The van der Waals surface area contributed by atoms with Crippen molar-refractivity contribution in [2.45, 2.75) is 25.6 Å². The Hall–Kier alpha value is -3.98. The van der Waals surface area contributed by atoms with E-state index in [1.165, 1.54) is 41.3 Å². The van der Waals surface area contributed by atoms with Crippen LogP contribution in [0.15, 0.2) is 53.3 Å². The molecular formula is C25H18F5N3O3S. The highest BCUT2D eigenvalue weighted by atomic mass is 32.1. The normalized spacial score (nSPS) is 15.2. The van der Waals surface area contributed by atoms with E-state index < -0.39 is 35.4 Å². The number of likely N-dealkylation sites (tertiary alicyclic amines) is 1. The minimum Gasteiger partial charge on any atom is -0.434 e. The van der Waals surface area contributed by atoms with E-state index in [-0.39, 0.29) is 26.2 Å². The van der Waals surface area contributed by atoms with Gasteiger partial charge in [-0.3, -0.25) is 14.2 Å². The van der Waals surface area contributed by atoms with Gasteiger partial charge in [0.2, 0.25) is 0 Å². The molecule has 4 rings (SSSR count). The van der Waals surface area contributed by atoms with Crippen LogP contribution in [0.1, 0.15) is 24.0 Å². The van der Waals surface area contributed by atoms with E-state index >= 15 is 0 Å². The maximum atomic E-state index is 13.5. The average Bonchev–Trinajstić information content (AvgIpc) is 3.49. The van der Waals surface area contributed by atoms with Crippen LogP contribution >= 0.6 is 11.3 Å². The van der Waals surface area contributed by atoms with Crippen LogP contribution in [0.5, 0.6) is 5.75 Å². The first kappa shape index (κ1) is 26.1. The number of rotatable bonds is 5. The number of aromatic nitrogens is 1. The summed E-state index contributed by atoms with van der Waals surface area (Å²) in [5.41, 5.74) is -2.36. The summed E-state index contributed by atoms with van der Waals surface area (Å²) < 4.78 is 71.0. The van der Waals surface area contributed by atoms with Gasteiger partial charge in [0.1, 0.15) is 16.5 Å². The zero-order chi connectivity index (χ0) is 26.7. The Bertz CT molecular complexity index is 1550. The summed E-state index contributed by atoms with van der Waals surface area (Å²) in [6.07, 6.45) is -2.01. The molecule has 12 heteroatoms. The topological polar surface area (TPSA) is 75.3 Å². The quantitative estimate of drug-likeness (QED) is 0.468. The van der Waals surface area contributed by atoms with Gasteiger partial charge in [0.05, 0.1) is 15.8 Å². The molecule has 2 aromatic carbocycles. The number of nitriles is 1. The van der Waals surface area contributed by atoms with Gasteiger partial charge in [0.15, 0.2) is 5.57 Å². The van der Waals surface area contributed by atoms with Gasteiger partial charge in [-0.05, 0) is 43.2 Å². The van der Waals surface area contributed by atoms with Crippen LogP contribution in [0, 0.1) is 11.3 Å². The van der Waals surface area contributed by atoms with Crippen molar-refractivity contribution < 1.29 is 31.5 Å². The third kappa shape index (κ3) is 5.56. The molecule has 0 N–H and O–H groups in total. The highest BCUT2D eigenvalue weighted by Gasteiger charge is 2.31. The molecule has 1 saturated heterocycles. The largest absolute Gasteiger partial charge is 0.434 e. The zero-order valence-corrected chi connectivity index (χ0v) is 19.8. The number of thiazole rings is 1. The molecule has 1 aliphatic heterocycles. The average molecular weight is 535 g/mol. The van der Waals surface area contributed by atoms with Crippen LogP contribution < -0.4 is 19.5 Å². The Kier molecular flexibility index (Phi) is 7.45. The Balaban J connectivity index is 2.03. The van der Waals surface area contributed by atoms with Crippen molar-refractivity contribution in [3.63, 3.8) is 0 Å². The monoisotopic (exact) mass is 535 g/mol. The number of carbonyl (C=O) groups excluding carboxylic acids is 1. The maximum Gasteiger partial charge on any atom is 0.416 e. The van der Waals surface area contributed by atoms with Gasteiger partial charge in [0, 0.05) is 18.7 Å². The number of halogens is 5. The third-order valence-corrected chi connectivity index (χ3v) is 6.70. The van der Waals surface area contributed by atoms with Crippen LogP contribution in [0.3, 0.4) is 0 Å². The van der Waals surface area contributed by atoms with Crippen LogP contribution in [-0.2, 0) is 11.0 Å². The van der Waals surface area contributed by atoms with Gasteiger partial charge in [0.25, 0.3) is 11.5 Å². The molecule has 0 bridgehead atoms. The summed E-state index contributed by atoms with van der Waals surface area (Å²) in [6, 6.07) is 11.4. The molecule has 1 aliphatic rings. The van der Waals surface area contributed by atoms with Crippen molar-refractivity contribution in [3.8, 4) is 17.5 Å². The first-order valence-corrected chi connectivity index (χ1v) is 11.8. The minimum atomic E-state index is -4.70. The lowest BCUT2D eigenvalue weighted by atomic mass is 10.2. The minimum absolute atomic E-state index is 0.0975. The van der Waals surface area contributed by atoms with Gasteiger partial charge in [-0.1, -0.05) is 24.3 Å². The van der Waals surface area contributed by atoms with E-state index in [0.29, 0.717) is 24.4 Å². The molecule has 1 fully saturated rings. The number of hydrogen-bond acceptors (Lipinski definition) is 5. The molecule has 0 unspecified atom stereocenters. The number of nitrogens with zero attached hydrogens (tertiary/aromatic N) is 3. The van der Waals surface area contributed by atoms with Gasteiger partial charge in [-0.15, -0.1) is 11.3 Å². The number of hydrogen-bond donors (Lipinski definition) is 0. The molecule has 37 heavy (non-hydrogen) atoms. The van der Waals surface area contributed by atoms with Crippen molar-refractivity contribution >= 4 is 28.9 Å². The summed E-state index contributed by atoms with van der Waals surface area (Å²) in [4.78, 5) is 28.0. The first-order valence-electron chi connectivity index (χ1n) is 11.0. The highest BCUT2D eigenvalue weighted by molar-refractivity contribution is 7.07.